The number of nitrogens with zero attached hydrogens (tertiary/aromatic N) is 2. The van der Waals surface area contributed by atoms with Crippen molar-refractivity contribution in [2.75, 3.05) is 31.2 Å². The summed E-state index contributed by atoms with van der Waals surface area (Å²) < 4.78 is 12.3. The molecule has 2 bridgehead atoms. The van der Waals surface area contributed by atoms with E-state index in [-0.39, 0.29) is 43.9 Å². The fraction of sp³-hybridized carbons (Fsp3) is 0.429. The van der Waals surface area contributed by atoms with E-state index in [4.69, 9.17) is 9.47 Å². The maximum absolute atomic E-state index is 15.0. The zero-order valence-electron chi connectivity index (χ0n) is 29.7. The Morgan fingerprint density at radius 3 is 2.50 bits per heavy atom. The molecule has 274 valence electrons. The molecular weight excluding hydrogens is 658 g/mol. The van der Waals surface area contributed by atoms with Gasteiger partial charge in [0.2, 0.25) is 11.8 Å². The van der Waals surface area contributed by atoms with Crippen LogP contribution in [0.4, 0.5) is 5.69 Å². The second-order valence-electron chi connectivity index (χ2n) is 14.0. The average molecular weight is 708 g/mol. The summed E-state index contributed by atoms with van der Waals surface area (Å²) in [6.45, 7) is 8.18. The molecule has 2 N–H and O–H groups in total. The maximum atomic E-state index is 15.0. The predicted octanol–water partition coefficient (Wildman–Crippen LogP) is 5.65. The Balaban J connectivity index is 1.30. The molecule has 1 spiro atoms. The zero-order valence-corrected chi connectivity index (χ0v) is 29.7. The summed E-state index contributed by atoms with van der Waals surface area (Å²) in [7, 11) is 0. The lowest BCUT2D eigenvalue weighted by Crippen LogP contribution is -2.56. The zero-order chi connectivity index (χ0) is 36.7. The van der Waals surface area contributed by atoms with Crippen LogP contribution in [0.15, 0.2) is 98.1 Å². The highest BCUT2D eigenvalue weighted by Crippen LogP contribution is 2.59. The van der Waals surface area contributed by atoms with Crippen molar-refractivity contribution in [1.82, 2.24) is 10.2 Å². The van der Waals surface area contributed by atoms with Crippen LogP contribution in [-0.4, -0.2) is 77.7 Å². The van der Waals surface area contributed by atoms with E-state index in [9.17, 15) is 24.3 Å². The van der Waals surface area contributed by atoms with E-state index >= 15 is 0 Å². The van der Waals surface area contributed by atoms with Gasteiger partial charge < -0.3 is 29.7 Å². The maximum Gasteiger partial charge on any atom is 0.306 e. The first-order valence-electron chi connectivity index (χ1n) is 18.4. The van der Waals surface area contributed by atoms with Crippen LogP contribution in [0.3, 0.4) is 0 Å². The summed E-state index contributed by atoms with van der Waals surface area (Å²) in [4.78, 5) is 59.7. The van der Waals surface area contributed by atoms with Gasteiger partial charge in [0.25, 0.3) is 5.91 Å². The van der Waals surface area contributed by atoms with E-state index in [0.717, 1.165) is 29.2 Å². The topological polar surface area (TPSA) is 125 Å². The molecule has 3 aromatic rings. The highest BCUT2D eigenvalue weighted by Gasteiger charge is 2.74. The first-order valence-corrected chi connectivity index (χ1v) is 18.4. The molecule has 6 rings (SSSR count). The minimum Gasteiger partial charge on any atom is -0.463 e. The normalized spacial score (nSPS) is 23.6. The van der Waals surface area contributed by atoms with Gasteiger partial charge in [-0.1, -0.05) is 85.7 Å². The molecule has 3 amide bonds. The Morgan fingerprint density at radius 1 is 1.00 bits per heavy atom. The summed E-state index contributed by atoms with van der Waals surface area (Å²) in [5, 5.41) is 14.4. The van der Waals surface area contributed by atoms with Crippen molar-refractivity contribution in [3.05, 3.63) is 104 Å². The monoisotopic (exact) mass is 707 g/mol. The molecule has 0 radical (unpaired) electrons. The van der Waals surface area contributed by atoms with E-state index in [1.165, 1.54) is 0 Å². The second-order valence-corrected chi connectivity index (χ2v) is 14.0. The molecule has 3 aliphatic heterocycles. The van der Waals surface area contributed by atoms with E-state index in [2.05, 4.69) is 18.5 Å². The third-order valence-corrected chi connectivity index (χ3v) is 10.7. The standard InChI is InChI=1S/C42H49N3O7/c1-3-5-19-35(47)51-28-33(30-16-9-8-10-17-30)43-39(48)36-34-22-23-42(52-34)37(36)40(49)45(25-13-6-7-14-26-46)38(42)41(50)44(24-4-2)32-21-20-29-15-11-12-18-31(29)27-32/h3-4,8-12,15-18,20-21,27,33-34,36-38,46H,1-2,5-7,13-14,19,22-26,28H2,(H,43,48)/t33-,34-,36+,37+,38-,42+/m0/s1. The highest BCUT2D eigenvalue weighted by atomic mass is 16.5. The van der Waals surface area contributed by atoms with Crippen molar-refractivity contribution in [2.24, 2.45) is 11.8 Å². The molecule has 0 unspecified atom stereocenters. The van der Waals surface area contributed by atoms with Gasteiger partial charge in [0.05, 0.1) is 24.0 Å². The van der Waals surface area contributed by atoms with Crippen LogP contribution in [0.5, 0.6) is 0 Å². The van der Waals surface area contributed by atoms with Crippen molar-refractivity contribution in [3.63, 3.8) is 0 Å². The fourth-order valence-electron chi connectivity index (χ4n) is 8.31. The Kier molecular flexibility index (Phi) is 11.9. The molecule has 0 aromatic heterocycles. The highest BCUT2D eigenvalue weighted by molar-refractivity contribution is 6.05. The predicted molar refractivity (Wildman–Crippen MR) is 199 cm³/mol. The summed E-state index contributed by atoms with van der Waals surface area (Å²) in [6, 6.07) is 21.5. The Labute approximate surface area is 305 Å². The van der Waals surface area contributed by atoms with Gasteiger partial charge in [-0.15, -0.1) is 13.2 Å². The molecule has 0 aliphatic carbocycles. The minimum atomic E-state index is -1.18. The number of carbonyl (C=O) groups is 4. The van der Waals surface area contributed by atoms with Crippen LogP contribution in [0.25, 0.3) is 10.8 Å². The largest absolute Gasteiger partial charge is 0.463 e. The van der Waals surface area contributed by atoms with Crippen LogP contribution in [0.2, 0.25) is 0 Å². The van der Waals surface area contributed by atoms with Gasteiger partial charge in [-0.05, 0) is 60.6 Å². The van der Waals surface area contributed by atoms with E-state index < -0.39 is 41.6 Å². The molecular formula is C42H49N3O7. The van der Waals surface area contributed by atoms with Gasteiger partial charge in [-0.3, -0.25) is 19.2 Å². The Bertz CT molecular complexity index is 1780. The summed E-state index contributed by atoms with van der Waals surface area (Å²) in [5.41, 5.74) is 0.271. The number of aliphatic hydroxyl groups is 1. The van der Waals surface area contributed by atoms with E-state index in [1.807, 2.05) is 72.8 Å². The fourth-order valence-corrected chi connectivity index (χ4v) is 8.31. The van der Waals surface area contributed by atoms with E-state index in [0.29, 0.717) is 44.3 Å². The number of carbonyl (C=O) groups excluding carboxylic acids is 4. The molecule has 6 atom stereocenters. The van der Waals surface area contributed by atoms with Gasteiger partial charge in [0.1, 0.15) is 18.2 Å². The smallest absolute Gasteiger partial charge is 0.306 e. The molecule has 0 saturated carbocycles. The number of benzene rings is 3. The third kappa shape index (κ3) is 7.41. The number of likely N-dealkylation sites (tertiary alicyclic amines) is 1. The molecule has 10 heteroatoms. The van der Waals surface area contributed by atoms with Crippen molar-refractivity contribution < 1.29 is 33.8 Å². The van der Waals surface area contributed by atoms with Gasteiger partial charge in [-0.2, -0.15) is 0 Å². The van der Waals surface area contributed by atoms with Gasteiger partial charge in [0.15, 0.2) is 0 Å². The summed E-state index contributed by atoms with van der Waals surface area (Å²) >= 11 is 0. The van der Waals surface area contributed by atoms with Crippen LogP contribution in [-0.2, 0) is 28.7 Å². The molecule has 3 aliphatic rings. The van der Waals surface area contributed by atoms with Crippen LogP contribution < -0.4 is 10.2 Å². The number of anilines is 1. The minimum absolute atomic E-state index is 0.0723. The van der Waals surface area contributed by atoms with Gasteiger partial charge in [-0.25, -0.2) is 0 Å². The SMILES string of the molecule is C=CCCC(=O)OC[C@H](NC(=O)[C@@H]1[C@@H]2CC[C@]3(O2)[C@H](C(=O)N(CC=C)c2ccc4ccccc4c2)N(CCCCCCO)C(=O)[C@@H]13)c1ccccc1. The number of amides is 3. The van der Waals surface area contributed by atoms with Crippen LogP contribution in [0.1, 0.15) is 63.0 Å². The van der Waals surface area contributed by atoms with Crippen molar-refractivity contribution in [1.29, 1.82) is 0 Å². The number of nitrogens with one attached hydrogen (secondary N) is 1. The van der Waals surface area contributed by atoms with Crippen molar-refractivity contribution in [3.8, 4) is 0 Å². The third-order valence-electron chi connectivity index (χ3n) is 10.7. The number of ether oxygens (including phenoxy) is 2. The number of fused-ring (bicyclic) bond motifs is 2. The molecule has 3 fully saturated rings. The lowest BCUT2D eigenvalue weighted by molar-refractivity contribution is -0.146. The van der Waals surface area contributed by atoms with Crippen LogP contribution >= 0.6 is 0 Å². The van der Waals surface area contributed by atoms with Crippen molar-refractivity contribution in [2.45, 2.75) is 75.2 Å². The number of hydrogen-bond donors (Lipinski definition) is 2. The van der Waals surface area contributed by atoms with Gasteiger partial charge >= 0.3 is 5.97 Å². The molecule has 3 heterocycles. The Hall–Kier alpha value is -4.80. The second kappa shape index (κ2) is 16.7. The number of esters is 1. The lowest BCUT2D eigenvalue weighted by Gasteiger charge is -2.37. The van der Waals surface area contributed by atoms with Crippen LogP contribution in [0, 0.1) is 11.8 Å². The number of aliphatic hydroxyl groups excluding tert-OH is 1. The Morgan fingerprint density at radius 2 is 1.75 bits per heavy atom. The van der Waals surface area contributed by atoms with E-state index in [1.54, 1.807) is 22.0 Å². The van der Waals surface area contributed by atoms with Gasteiger partial charge in [0, 0.05) is 31.8 Å². The first kappa shape index (κ1) is 37.0. The average Bonchev–Trinajstić information content (AvgIpc) is 3.81. The summed E-state index contributed by atoms with van der Waals surface area (Å²) in [6.07, 6.45) is 7.33. The first-order chi connectivity index (χ1) is 25.3. The molecule has 3 saturated heterocycles. The quantitative estimate of drug-likeness (QED) is 0.0995. The molecule has 3 aromatic carbocycles. The van der Waals surface area contributed by atoms with Crippen molar-refractivity contribution >= 4 is 40.2 Å². The number of hydrogen-bond acceptors (Lipinski definition) is 7. The number of unbranched alkanes of at least 4 members (excludes halogenated alkanes) is 3. The summed E-state index contributed by atoms with van der Waals surface area (Å²) in [5.74, 6) is -2.97. The number of rotatable bonds is 18. The number of allylic oxidation sites excluding steroid dienone is 1. The molecule has 52 heavy (non-hydrogen) atoms. The molecule has 10 nitrogen and oxygen atoms in total. The lowest BCUT2D eigenvalue weighted by atomic mass is 9.70.